The Morgan fingerprint density at radius 1 is 1.42 bits per heavy atom. The molecule has 0 amide bonds. The molecule has 0 unspecified atom stereocenters. The van der Waals surface area contributed by atoms with Crippen molar-refractivity contribution in [1.29, 1.82) is 0 Å². The highest BCUT2D eigenvalue weighted by molar-refractivity contribution is 5.62. The van der Waals surface area contributed by atoms with Crippen LogP contribution in [-0.2, 0) is 11.8 Å². The molecular weight excluding hydrogens is 238 g/mol. The van der Waals surface area contributed by atoms with E-state index in [2.05, 4.69) is 35.9 Å². The van der Waals surface area contributed by atoms with E-state index in [4.69, 9.17) is 10.5 Å². The number of benzene rings is 1. The number of fused-ring (bicyclic) bond motifs is 1. The number of nitrogens with one attached hydrogen (secondary N) is 1. The maximum Gasteiger partial charge on any atom is 0.122 e. The van der Waals surface area contributed by atoms with Gasteiger partial charge in [-0.05, 0) is 23.8 Å². The van der Waals surface area contributed by atoms with Crippen LogP contribution in [0.4, 0.5) is 0 Å². The molecule has 1 aliphatic rings. The van der Waals surface area contributed by atoms with Crippen LogP contribution in [0.25, 0.3) is 11.3 Å². The maximum absolute atomic E-state index is 5.78. The van der Waals surface area contributed by atoms with Crippen molar-refractivity contribution < 1.29 is 4.74 Å². The van der Waals surface area contributed by atoms with Gasteiger partial charge in [0.2, 0.25) is 0 Å². The molecule has 2 heterocycles. The molecule has 2 aromatic rings. The average molecular weight is 257 g/mol. The van der Waals surface area contributed by atoms with Crippen molar-refractivity contribution in [2.45, 2.75) is 25.7 Å². The predicted molar refractivity (Wildman–Crippen MR) is 75.3 cm³/mol. The summed E-state index contributed by atoms with van der Waals surface area (Å²) in [6.07, 6.45) is 2.86. The fraction of sp³-hybridized carbons (Fsp3) is 0.400. The van der Waals surface area contributed by atoms with Crippen molar-refractivity contribution in [2.24, 2.45) is 5.73 Å². The lowest BCUT2D eigenvalue weighted by Gasteiger charge is -2.18. The monoisotopic (exact) mass is 257 g/mol. The number of ether oxygens (including phenoxy) is 1. The molecule has 3 rings (SSSR count). The second kappa shape index (κ2) is 4.38. The van der Waals surface area contributed by atoms with E-state index in [9.17, 15) is 0 Å². The number of nitrogens with two attached hydrogens (primary N) is 1. The van der Waals surface area contributed by atoms with Crippen LogP contribution in [0.2, 0.25) is 0 Å². The van der Waals surface area contributed by atoms with Crippen molar-refractivity contribution in [3.05, 3.63) is 35.8 Å². The maximum atomic E-state index is 5.78. The van der Waals surface area contributed by atoms with Gasteiger partial charge in [-0.15, -0.1) is 0 Å². The lowest BCUT2D eigenvalue weighted by atomic mass is 9.93. The highest BCUT2D eigenvalue weighted by Gasteiger charge is 2.22. The number of aromatic nitrogens is 2. The van der Waals surface area contributed by atoms with Crippen molar-refractivity contribution >= 4 is 0 Å². The third-order valence-corrected chi connectivity index (χ3v) is 3.73. The molecular formula is C15H19N3O. The van der Waals surface area contributed by atoms with Gasteiger partial charge in [0.1, 0.15) is 11.6 Å². The Balaban J connectivity index is 1.95. The van der Waals surface area contributed by atoms with E-state index in [0.29, 0.717) is 6.54 Å². The van der Waals surface area contributed by atoms with Gasteiger partial charge in [-0.25, -0.2) is 4.98 Å². The van der Waals surface area contributed by atoms with Crippen LogP contribution < -0.4 is 10.5 Å². The Bertz CT molecular complexity index is 601. The number of imidazole rings is 1. The third kappa shape index (κ3) is 2.12. The zero-order valence-electron chi connectivity index (χ0n) is 11.4. The minimum atomic E-state index is -0.127. The molecule has 1 aliphatic heterocycles. The van der Waals surface area contributed by atoms with Crippen LogP contribution in [0.3, 0.4) is 0 Å². The zero-order chi connectivity index (χ0) is 13.5. The van der Waals surface area contributed by atoms with E-state index >= 15 is 0 Å². The van der Waals surface area contributed by atoms with Crippen LogP contribution in [0.15, 0.2) is 24.4 Å². The number of rotatable bonds is 3. The predicted octanol–water partition coefficient (Wildman–Crippen LogP) is 2.25. The Labute approximate surface area is 113 Å². The van der Waals surface area contributed by atoms with E-state index in [1.165, 1.54) is 5.56 Å². The molecule has 0 saturated carbocycles. The number of hydrogen-bond acceptors (Lipinski definition) is 3. The van der Waals surface area contributed by atoms with E-state index in [1.807, 2.05) is 12.3 Å². The Morgan fingerprint density at radius 3 is 3.05 bits per heavy atom. The van der Waals surface area contributed by atoms with E-state index < -0.39 is 0 Å². The fourth-order valence-corrected chi connectivity index (χ4v) is 2.26. The minimum Gasteiger partial charge on any atom is -0.493 e. The van der Waals surface area contributed by atoms with Gasteiger partial charge >= 0.3 is 0 Å². The van der Waals surface area contributed by atoms with Crippen molar-refractivity contribution in [1.82, 2.24) is 9.97 Å². The zero-order valence-corrected chi connectivity index (χ0v) is 11.4. The lowest BCUT2D eigenvalue weighted by Crippen LogP contribution is -2.29. The summed E-state index contributed by atoms with van der Waals surface area (Å²) in [4.78, 5) is 7.84. The van der Waals surface area contributed by atoms with Crippen molar-refractivity contribution in [2.75, 3.05) is 13.2 Å². The van der Waals surface area contributed by atoms with Crippen LogP contribution in [0, 0.1) is 0 Å². The van der Waals surface area contributed by atoms with Crippen molar-refractivity contribution in [3.63, 3.8) is 0 Å². The summed E-state index contributed by atoms with van der Waals surface area (Å²) < 4.78 is 5.52. The van der Waals surface area contributed by atoms with E-state index in [-0.39, 0.29) is 5.41 Å². The quantitative estimate of drug-likeness (QED) is 0.886. The summed E-state index contributed by atoms with van der Waals surface area (Å²) in [6.45, 7) is 5.53. The number of H-pyrrole nitrogens is 1. The Hall–Kier alpha value is -1.81. The Morgan fingerprint density at radius 2 is 2.26 bits per heavy atom. The highest BCUT2D eigenvalue weighted by Crippen LogP contribution is 2.30. The summed E-state index contributed by atoms with van der Waals surface area (Å²) in [5.74, 6) is 1.94. The van der Waals surface area contributed by atoms with Crippen molar-refractivity contribution in [3.8, 4) is 17.0 Å². The SMILES string of the molecule is CC(C)(CN)c1ncc(-c2ccc3c(c2)CCO3)[nH]1. The summed E-state index contributed by atoms with van der Waals surface area (Å²) in [5, 5.41) is 0. The lowest BCUT2D eigenvalue weighted by molar-refractivity contribution is 0.357. The first kappa shape index (κ1) is 12.2. The molecule has 100 valence electrons. The molecule has 0 atom stereocenters. The van der Waals surface area contributed by atoms with E-state index in [1.54, 1.807) is 0 Å². The number of hydrogen-bond donors (Lipinski definition) is 2. The van der Waals surface area contributed by atoms with Gasteiger partial charge in [-0.2, -0.15) is 0 Å². The molecule has 0 radical (unpaired) electrons. The molecule has 0 aliphatic carbocycles. The van der Waals surface area contributed by atoms with Gasteiger partial charge in [0.05, 0.1) is 18.5 Å². The van der Waals surface area contributed by atoms with Crippen LogP contribution in [0.1, 0.15) is 25.2 Å². The minimum absolute atomic E-state index is 0.127. The first-order valence-corrected chi connectivity index (χ1v) is 6.62. The van der Waals surface area contributed by atoms with Gasteiger partial charge in [-0.3, -0.25) is 0 Å². The second-order valence-corrected chi connectivity index (χ2v) is 5.65. The standard InChI is InChI=1S/C15H19N3O/c1-15(2,9-16)14-17-8-12(18-14)10-3-4-13-11(7-10)5-6-19-13/h3-4,7-8H,5-6,9,16H2,1-2H3,(H,17,18). The number of nitrogens with zero attached hydrogens (tertiary/aromatic N) is 1. The van der Waals surface area contributed by atoms with Crippen LogP contribution in [-0.4, -0.2) is 23.1 Å². The third-order valence-electron chi connectivity index (χ3n) is 3.73. The molecule has 0 spiro atoms. The molecule has 4 heteroatoms. The van der Waals surface area contributed by atoms with Gasteiger partial charge in [0, 0.05) is 23.9 Å². The fourth-order valence-electron chi connectivity index (χ4n) is 2.26. The number of aromatic amines is 1. The molecule has 0 bridgehead atoms. The smallest absolute Gasteiger partial charge is 0.122 e. The largest absolute Gasteiger partial charge is 0.493 e. The van der Waals surface area contributed by atoms with Gasteiger partial charge in [0.25, 0.3) is 0 Å². The van der Waals surface area contributed by atoms with Crippen LogP contribution >= 0.6 is 0 Å². The summed E-state index contributed by atoms with van der Waals surface area (Å²) in [7, 11) is 0. The molecule has 4 nitrogen and oxygen atoms in total. The summed E-state index contributed by atoms with van der Waals surface area (Å²) >= 11 is 0. The molecule has 19 heavy (non-hydrogen) atoms. The average Bonchev–Trinajstić information content (AvgIpc) is 3.06. The summed E-state index contributed by atoms with van der Waals surface area (Å²) in [6, 6.07) is 6.28. The first-order chi connectivity index (χ1) is 9.10. The Kier molecular flexibility index (Phi) is 2.82. The molecule has 1 aromatic carbocycles. The molecule has 1 aromatic heterocycles. The first-order valence-electron chi connectivity index (χ1n) is 6.62. The normalized spacial score (nSPS) is 14.3. The van der Waals surface area contributed by atoms with Gasteiger partial charge < -0.3 is 15.5 Å². The molecule has 0 fully saturated rings. The topological polar surface area (TPSA) is 63.9 Å². The summed E-state index contributed by atoms with van der Waals surface area (Å²) in [5.41, 5.74) is 9.11. The molecule has 3 N–H and O–H groups in total. The highest BCUT2D eigenvalue weighted by atomic mass is 16.5. The second-order valence-electron chi connectivity index (χ2n) is 5.65. The van der Waals surface area contributed by atoms with Crippen LogP contribution in [0.5, 0.6) is 5.75 Å². The van der Waals surface area contributed by atoms with E-state index in [0.717, 1.165) is 35.9 Å². The van der Waals surface area contributed by atoms with Gasteiger partial charge in [-0.1, -0.05) is 13.8 Å². The van der Waals surface area contributed by atoms with Gasteiger partial charge in [0.15, 0.2) is 0 Å². The molecule has 0 saturated heterocycles.